The highest BCUT2D eigenvalue weighted by atomic mass is 16.2. The minimum atomic E-state index is -0.749. The molecule has 0 unspecified atom stereocenters. The normalized spacial score (nSPS) is 11.9. The van der Waals surface area contributed by atoms with Gasteiger partial charge in [-0.1, -0.05) is 66.7 Å². The molecule has 0 aliphatic rings. The first-order valence-corrected chi connectivity index (χ1v) is 10.5. The topological polar surface area (TPSA) is 53.2 Å². The summed E-state index contributed by atoms with van der Waals surface area (Å²) in [5.41, 5.74) is 4.70. The van der Waals surface area contributed by atoms with Crippen molar-refractivity contribution in [2.45, 2.75) is 19.8 Å². The van der Waals surface area contributed by atoms with Gasteiger partial charge >= 0.3 is 0 Å². The maximum atomic E-state index is 13.5. The van der Waals surface area contributed by atoms with Crippen LogP contribution in [0.1, 0.15) is 16.8 Å². The number of hydrogen-bond donors (Lipinski definition) is 1. The van der Waals surface area contributed by atoms with E-state index in [1.807, 2.05) is 91.9 Å². The van der Waals surface area contributed by atoms with E-state index in [1.165, 1.54) is 0 Å². The lowest BCUT2D eigenvalue weighted by molar-refractivity contribution is -0.131. The monoisotopic (exact) mass is 410 g/mol. The summed E-state index contributed by atoms with van der Waals surface area (Å²) < 4.78 is 0. The Balaban J connectivity index is 1.65. The van der Waals surface area contributed by atoms with Crippen molar-refractivity contribution >= 4 is 28.3 Å². The molecule has 0 aliphatic carbocycles. The second kappa shape index (κ2) is 9.00. The molecule has 4 nitrogen and oxygen atoms in total. The number of nitrogens with one attached hydrogen (secondary N) is 1. The molecule has 1 atom stereocenters. The number of amides is 1. The minimum absolute atomic E-state index is 0.0653. The Morgan fingerprint density at radius 3 is 2.19 bits per heavy atom. The van der Waals surface area contributed by atoms with Gasteiger partial charge in [0, 0.05) is 35.8 Å². The van der Waals surface area contributed by atoms with Crippen LogP contribution in [-0.2, 0) is 22.4 Å². The lowest BCUT2D eigenvalue weighted by atomic mass is 9.89. The van der Waals surface area contributed by atoms with Gasteiger partial charge in [0.2, 0.25) is 5.91 Å². The number of para-hydroxylation sites is 2. The molecule has 4 aromatic rings. The van der Waals surface area contributed by atoms with Crippen LogP contribution in [0, 0.1) is 12.8 Å². The van der Waals surface area contributed by atoms with Gasteiger partial charge in [0.15, 0.2) is 0 Å². The summed E-state index contributed by atoms with van der Waals surface area (Å²) in [7, 11) is 1.74. The molecule has 156 valence electrons. The number of fused-ring (bicyclic) bond motifs is 1. The highest BCUT2D eigenvalue weighted by Gasteiger charge is 2.30. The van der Waals surface area contributed by atoms with E-state index in [4.69, 9.17) is 0 Å². The molecule has 0 fully saturated rings. The maximum Gasteiger partial charge on any atom is 0.237 e. The first kappa shape index (κ1) is 20.6. The molecule has 0 saturated heterocycles. The third kappa shape index (κ3) is 4.43. The van der Waals surface area contributed by atoms with Gasteiger partial charge in [-0.05, 0) is 42.7 Å². The Morgan fingerprint density at radius 1 is 0.871 bits per heavy atom. The molecule has 1 aromatic heterocycles. The molecule has 1 amide bonds. The molecule has 4 heteroatoms. The zero-order chi connectivity index (χ0) is 21.8. The van der Waals surface area contributed by atoms with E-state index >= 15 is 0 Å². The first-order chi connectivity index (χ1) is 15.0. The van der Waals surface area contributed by atoms with Crippen LogP contribution in [0.4, 0.5) is 5.69 Å². The summed E-state index contributed by atoms with van der Waals surface area (Å²) in [5.74, 6) is -0.997. The van der Waals surface area contributed by atoms with Crippen molar-refractivity contribution in [3.63, 3.8) is 0 Å². The number of carbonyl (C=O) groups excluding carboxylic acids is 2. The fourth-order valence-corrected chi connectivity index (χ4v) is 4.06. The number of aryl methyl sites for hydroxylation is 1. The van der Waals surface area contributed by atoms with Gasteiger partial charge in [-0.2, -0.15) is 0 Å². The van der Waals surface area contributed by atoms with Crippen LogP contribution < -0.4 is 4.90 Å². The second-order valence-corrected chi connectivity index (χ2v) is 7.89. The zero-order valence-corrected chi connectivity index (χ0v) is 17.8. The van der Waals surface area contributed by atoms with Crippen LogP contribution in [0.2, 0.25) is 0 Å². The lowest BCUT2D eigenvalue weighted by Crippen LogP contribution is -2.39. The van der Waals surface area contributed by atoms with Crippen LogP contribution in [0.3, 0.4) is 0 Å². The summed E-state index contributed by atoms with van der Waals surface area (Å²) in [6, 6.07) is 27.2. The van der Waals surface area contributed by atoms with E-state index in [0.717, 1.165) is 33.4 Å². The number of hydrogen-bond acceptors (Lipinski definition) is 2. The predicted octanol–water partition coefficient (Wildman–Crippen LogP) is 5.11. The Bertz CT molecular complexity index is 1200. The number of carbonyl (C=O) groups is 2. The smallest absolute Gasteiger partial charge is 0.237 e. The summed E-state index contributed by atoms with van der Waals surface area (Å²) in [4.78, 5) is 31.9. The molecule has 0 aliphatic heterocycles. The summed E-state index contributed by atoms with van der Waals surface area (Å²) >= 11 is 0. The summed E-state index contributed by atoms with van der Waals surface area (Å²) in [5, 5.41) is 1.04. The van der Waals surface area contributed by atoms with Crippen molar-refractivity contribution in [1.29, 1.82) is 0 Å². The van der Waals surface area contributed by atoms with Gasteiger partial charge in [-0.25, -0.2) is 0 Å². The highest BCUT2D eigenvalue weighted by Crippen LogP contribution is 2.25. The van der Waals surface area contributed by atoms with E-state index < -0.39 is 5.92 Å². The SMILES string of the molecule is Cc1[nH]c2ccccc2c1CC(=O)[C@@H](Cc1ccccc1)C(=O)N(C)c1ccccc1. The van der Waals surface area contributed by atoms with Crippen molar-refractivity contribution in [2.24, 2.45) is 5.92 Å². The van der Waals surface area contributed by atoms with Gasteiger partial charge in [0.05, 0.1) is 0 Å². The molecular formula is C27H26N2O2. The van der Waals surface area contributed by atoms with Gasteiger partial charge < -0.3 is 9.88 Å². The molecular weight excluding hydrogens is 384 g/mol. The molecule has 0 spiro atoms. The molecule has 0 bridgehead atoms. The molecule has 1 heterocycles. The fourth-order valence-electron chi connectivity index (χ4n) is 4.06. The quantitative estimate of drug-likeness (QED) is 0.431. The summed E-state index contributed by atoms with van der Waals surface area (Å²) in [6.07, 6.45) is 0.610. The molecule has 4 rings (SSSR count). The number of aromatic nitrogens is 1. The molecule has 0 saturated carbocycles. The first-order valence-electron chi connectivity index (χ1n) is 10.5. The number of rotatable bonds is 7. The van der Waals surface area contributed by atoms with Crippen molar-refractivity contribution in [1.82, 2.24) is 4.98 Å². The Morgan fingerprint density at radius 2 is 1.48 bits per heavy atom. The lowest BCUT2D eigenvalue weighted by Gasteiger charge is -2.23. The number of aromatic amines is 1. The second-order valence-electron chi connectivity index (χ2n) is 7.89. The van der Waals surface area contributed by atoms with Gasteiger partial charge in [0.25, 0.3) is 0 Å². The average Bonchev–Trinajstić information content (AvgIpc) is 3.12. The van der Waals surface area contributed by atoms with Gasteiger partial charge in [-0.3, -0.25) is 9.59 Å². The van der Waals surface area contributed by atoms with Crippen LogP contribution in [0.25, 0.3) is 10.9 Å². The van der Waals surface area contributed by atoms with Crippen LogP contribution >= 0.6 is 0 Å². The Kier molecular flexibility index (Phi) is 5.99. The van der Waals surface area contributed by atoms with E-state index in [0.29, 0.717) is 6.42 Å². The number of nitrogens with zero attached hydrogens (tertiary/aromatic N) is 1. The Hall–Kier alpha value is -3.66. The van der Waals surface area contributed by atoms with Crippen LogP contribution in [0.15, 0.2) is 84.9 Å². The number of Topliss-reactive ketones (excluding diaryl/α,β-unsaturated/α-hetero) is 1. The number of anilines is 1. The van der Waals surface area contributed by atoms with Gasteiger partial charge in [0.1, 0.15) is 11.7 Å². The van der Waals surface area contributed by atoms with Crippen molar-refractivity contribution in [3.05, 3.63) is 102 Å². The average molecular weight is 411 g/mol. The van der Waals surface area contributed by atoms with E-state index in [-0.39, 0.29) is 18.1 Å². The fraction of sp³-hybridized carbons (Fsp3) is 0.185. The highest BCUT2D eigenvalue weighted by molar-refractivity contribution is 6.09. The van der Waals surface area contributed by atoms with Crippen molar-refractivity contribution < 1.29 is 9.59 Å². The standard InChI is InChI=1S/C27H26N2O2/c1-19-23(22-15-9-10-16-25(22)28-19)18-26(30)24(17-20-11-5-3-6-12-20)27(31)29(2)21-13-7-4-8-14-21/h3-16,24,28H,17-18H2,1-2H3/t24-/m1/s1. The van der Waals surface area contributed by atoms with E-state index in [9.17, 15) is 9.59 Å². The van der Waals surface area contributed by atoms with E-state index in [1.54, 1.807) is 11.9 Å². The number of H-pyrrole nitrogens is 1. The molecule has 31 heavy (non-hydrogen) atoms. The third-order valence-corrected chi connectivity index (χ3v) is 5.82. The molecule has 3 aromatic carbocycles. The number of benzene rings is 3. The van der Waals surface area contributed by atoms with E-state index in [2.05, 4.69) is 4.98 Å². The maximum absolute atomic E-state index is 13.5. The summed E-state index contributed by atoms with van der Waals surface area (Å²) in [6.45, 7) is 1.98. The molecule has 1 N–H and O–H groups in total. The third-order valence-electron chi connectivity index (χ3n) is 5.82. The number of ketones is 1. The molecule has 0 radical (unpaired) electrons. The van der Waals surface area contributed by atoms with Crippen LogP contribution in [-0.4, -0.2) is 23.7 Å². The Labute approximate surface area is 182 Å². The minimum Gasteiger partial charge on any atom is -0.358 e. The van der Waals surface area contributed by atoms with Gasteiger partial charge in [-0.15, -0.1) is 0 Å². The van der Waals surface area contributed by atoms with Crippen molar-refractivity contribution in [2.75, 3.05) is 11.9 Å². The van der Waals surface area contributed by atoms with Crippen molar-refractivity contribution in [3.8, 4) is 0 Å². The van der Waals surface area contributed by atoms with Crippen LogP contribution in [0.5, 0.6) is 0 Å². The zero-order valence-electron chi connectivity index (χ0n) is 17.8. The predicted molar refractivity (Wildman–Crippen MR) is 125 cm³/mol. The largest absolute Gasteiger partial charge is 0.358 e.